The molecule has 1 fully saturated rings. The predicted octanol–water partition coefficient (Wildman–Crippen LogP) is 0.0498. The number of rotatable bonds is 5. The lowest BCUT2D eigenvalue weighted by Gasteiger charge is -2.37. The highest BCUT2D eigenvalue weighted by molar-refractivity contribution is 5.78. The maximum absolute atomic E-state index is 12.1. The average molecular weight is 290 g/mol. The molecule has 0 radical (unpaired) electrons. The Bertz CT molecular complexity index is 477. The van der Waals surface area contributed by atoms with E-state index in [1.54, 1.807) is 0 Å². The van der Waals surface area contributed by atoms with Crippen LogP contribution in [0.2, 0.25) is 0 Å². The molecule has 5 heteroatoms. The number of hydrogen-bond donors (Lipinski definition) is 2. The van der Waals surface area contributed by atoms with Crippen LogP contribution in [0.5, 0.6) is 0 Å². The maximum atomic E-state index is 12.1. The lowest BCUT2D eigenvalue weighted by atomic mass is 10.0. The number of likely N-dealkylation sites (N-methyl/N-ethyl adjacent to an activating group) is 2. The van der Waals surface area contributed by atoms with Crippen molar-refractivity contribution < 1.29 is 4.79 Å². The van der Waals surface area contributed by atoms with Crippen molar-refractivity contribution in [2.24, 2.45) is 5.73 Å². The van der Waals surface area contributed by atoms with Crippen LogP contribution in [0.15, 0.2) is 24.3 Å². The maximum Gasteiger partial charge on any atom is 0.224 e. The summed E-state index contributed by atoms with van der Waals surface area (Å²) in [5, 5.41) is 3.06. The van der Waals surface area contributed by atoms with Gasteiger partial charge in [-0.25, -0.2) is 0 Å². The van der Waals surface area contributed by atoms with Gasteiger partial charge in [0, 0.05) is 38.8 Å². The van der Waals surface area contributed by atoms with E-state index in [4.69, 9.17) is 5.73 Å². The molecule has 2 rings (SSSR count). The minimum absolute atomic E-state index is 0.0672. The van der Waals surface area contributed by atoms with E-state index in [0.29, 0.717) is 25.6 Å². The Morgan fingerprint density at radius 2 is 2.00 bits per heavy atom. The molecule has 116 valence electrons. The van der Waals surface area contributed by atoms with Crippen LogP contribution in [-0.4, -0.2) is 62.0 Å². The summed E-state index contributed by atoms with van der Waals surface area (Å²) >= 11 is 0. The zero-order chi connectivity index (χ0) is 15.2. The number of piperazine rings is 1. The summed E-state index contributed by atoms with van der Waals surface area (Å²) in [6.07, 6.45) is 0.402. The molecular weight excluding hydrogens is 264 g/mol. The van der Waals surface area contributed by atoms with Crippen LogP contribution in [0.1, 0.15) is 11.1 Å². The monoisotopic (exact) mass is 290 g/mol. The molecule has 0 aliphatic carbocycles. The third-order valence-electron chi connectivity index (χ3n) is 4.20. The zero-order valence-electron chi connectivity index (χ0n) is 13.0. The van der Waals surface area contributed by atoms with Gasteiger partial charge in [-0.05, 0) is 25.2 Å². The average Bonchev–Trinajstić information content (AvgIpc) is 2.49. The van der Waals surface area contributed by atoms with E-state index in [9.17, 15) is 4.79 Å². The lowest BCUT2D eigenvalue weighted by molar-refractivity contribution is -0.120. The Labute approximate surface area is 127 Å². The Kier molecular flexibility index (Phi) is 5.73. The summed E-state index contributed by atoms with van der Waals surface area (Å²) in [5.41, 5.74) is 7.77. The molecule has 0 aromatic heterocycles. The van der Waals surface area contributed by atoms with Crippen molar-refractivity contribution in [3.63, 3.8) is 0 Å². The zero-order valence-corrected chi connectivity index (χ0v) is 13.0. The second-order valence-corrected chi connectivity index (χ2v) is 5.85. The van der Waals surface area contributed by atoms with E-state index in [2.05, 4.69) is 29.2 Å². The van der Waals surface area contributed by atoms with Crippen LogP contribution in [-0.2, 0) is 17.8 Å². The van der Waals surface area contributed by atoms with Gasteiger partial charge in [-0.2, -0.15) is 0 Å². The minimum atomic E-state index is 0.0672. The summed E-state index contributed by atoms with van der Waals surface area (Å²) in [5.74, 6) is 0.0672. The summed E-state index contributed by atoms with van der Waals surface area (Å²) < 4.78 is 0. The van der Waals surface area contributed by atoms with E-state index in [0.717, 1.165) is 30.8 Å². The molecule has 1 unspecified atom stereocenters. The molecule has 1 atom stereocenters. The number of amides is 1. The van der Waals surface area contributed by atoms with Gasteiger partial charge >= 0.3 is 0 Å². The number of nitrogens with two attached hydrogens (primary N) is 1. The number of hydrogen-bond acceptors (Lipinski definition) is 4. The first-order chi connectivity index (χ1) is 10.1. The molecule has 0 saturated carbocycles. The van der Waals surface area contributed by atoms with Gasteiger partial charge in [-0.3, -0.25) is 9.69 Å². The van der Waals surface area contributed by atoms with Gasteiger partial charge < -0.3 is 16.0 Å². The van der Waals surface area contributed by atoms with Crippen molar-refractivity contribution in [3.8, 4) is 0 Å². The van der Waals surface area contributed by atoms with E-state index in [-0.39, 0.29) is 5.91 Å². The number of benzene rings is 1. The summed E-state index contributed by atoms with van der Waals surface area (Å²) in [6, 6.07) is 8.24. The van der Waals surface area contributed by atoms with Crippen LogP contribution >= 0.6 is 0 Å². The first-order valence-electron chi connectivity index (χ1n) is 7.52. The van der Waals surface area contributed by atoms with E-state index < -0.39 is 0 Å². The molecule has 1 saturated heterocycles. The van der Waals surface area contributed by atoms with Gasteiger partial charge in [-0.15, -0.1) is 0 Å². The van der Waals surface area contributed by atoms with Crippen molar-refractivity contribution >= 4 is 5.91 Å². The fourth-order valence-electron chi connectivity index (χ4n) is 2.72. The second kappa shape index (κ2) is 7.54. The van der Waals surface area contributed by atoms with Crippen molar-refractivity contribution in [2.45, 2.75) is 19.0 Å². The van der Waals surface area contributed by atoms with Crippen LogP contribution in [0, 0.1) is 0 Å². The third-order valence-corrected chi connectivity index (χ3v) is 4.20. The van der Waals surface area contributed by atoms with Gasteiger partial charge in [0.15, 0.2) is 0 Å². The van der Waals surface area contributed by atoms with Crippen molar-refractivity contribution in [1.82, 2.24) is 15.1 Å². The van der Waals surface area contributed by atoms with Crippen molar-refractivity contribution in [1.29, 1.82) is 0 Å². The molecule has 0 spiro atoms. The molecule has 1 aromatic rings. The third kappa shape index (κ3) is 4.52. The predicted molar refractivity (Wildman–Crippen MR) is 85.0 cm³/mol. The quantitative estimate of drug-likeness (QED) is 0.804. The molecule has 0 bridgehead atoms. The Balaban J connectivity index is 1.84. The van der Waals surface area contributed by atoms with Gasteiger partial charge in [0.1, 0.15) is 0 Å². The second-order valence-electron chi connectivity index (χ2n) is 5.85. The van der Waals surface area contributed by atoms with Crippen LogP contribution in [0.3, 0.4) is 0 Å². The SMILES string of the molecule is CN1CCN(C)C(CNC(=O)Cc2ccccc2CN)C1. The molecule has 5 nitrogen and oxygen atoms in total. The van der Waals surface area contributed by atoms with Crippen LogP contribution in [0.4, 0.5) is 0 Å². The van der Waals surface area contributed by atoms with Gasteiger partial charge in [0.2, 0.25) is 5.91 Å². The molecule has 1 aliphatic heterocycles. The summed E-state index contributed by atoms with van der Waals surface area (Å²) in [7, 11) is 4.24. The van der Waals surface area contributed by atoms with E-state index in [1.165, 1.54) is 0 Å². The van der Waals surface area contributed by atoms with Gasteiger partial charge in [-0.1, -0.05) is 24.3 Å². The first-order valence-corrected chi connectivity index (χ1v) is 7.52. The normalized spacial score (nSPS) is 20.4. The molecule has 21 heavy (non-hydrogen) atoms. The van der Waals surface area contributed by atoms with Gasteiger partial charge in [0.25, 0.3) is 0 Å². The molecular formula is C16H26N4O. The minimum Gasteiger partial charge on any atom is -0.354 e. The fraction of sp³-hybridized carbons (Fsp3) is 0.562. The highest BCUT2D eigenvalue weighted by atomic mass is 16.1. The van der Waals surface area contributed by atoms with E-state index in [1.807, 2.05) is 24.3 Å². The van der Waals surface area contributed by atoms with Crippen LogP contribution < -0.4 is 11.1 Å². The Hall–Kier alpha value is -1.43. The highest BCUT2D eigenvalue weighted by Gasteiger charge is 2.22. The van der Waals surface area contributed by atoms with Crippen molar-refractivity contribution in [3.05, 3.63) is 35.4 Å². The van der Waals surface area contributed by atoms with Crippen LogP contribution in [0.25, 0.3) is 0 Å². The van der Waals surface area contributed by atoms with E-state index >= 15 is 0 Å². The summed E-state index contributed by atoms with van der Waals surface area (Å²) in [6.45, 7) is 4.30. The number of carbonyl (C=O) groups excluding carboxylic acids is 1. The highest BCUT2D eigenvalue weighted by Crippen LogP contribution is 2.09. The molecule has 1 aromatic carbocycles. The number of nitrogens with one attached hydrogen (secondary N) is 1. The first kappa shape index (κ1) is 15.9. The Morgan fingerprint density at radius 1 is 1.29 bits per heavy atom. The topological polar surface area (TPSA) is 61.6 Å². The molecule has 1 aliphatic rings. The largest absolute Gasteiger partial charge is 0.354 e. The lowest BCUT2D eigenvalue weighted by Crippen LogP contribution is -2.54. The summed E-state index contributed by atoms with van der Waals surface area (Å²) in [4.78, 5) is 16.7. The number of carbonyl (C=O) groups is 1. The standard InChI is InChI=1S/C16H26N4O/c1-19-7-8-20(2)15(12-19)11-18-16(21)9-13-5-3-4-6-14(13)10-17/h3-6,15H,7-12,17H2,1-2H3,(H,18,21). The van der Waals surface area contributed by atoms with Crippen molar-refractivity contribution in [2.75, 3.05) is 40.3 Å². The molecule has 1 heterocycles. The number of nitrogens with zero attached hydrogens (tertiary/aromatic N) is 2. The fourth-order valence-corrected chi connectivity index (χ4v) is 2.72. The smallest absolute Gasteiger partial charge is 0.224 e. The molecule has 3 N–H and O–H groups in total. The van der Waals surface area contributed by atoms with Gasteiger partial charge in [0.05, 0.1) is 6.42 Å². The molecule has 1 amide bonds. The Morgan fingerprint density at radius 3 is 2.71 bits per heavy atom.